The van der Waals surface area contributed by atoms with Crippen molar-refractivity contribution in [2.75, 3.05) is 20.3 Å². The van der Waals surface area contributed by atoms with E-state index in [1.165, 1.54) is 0 Å². The van der Waals surface area contributed by atoms with Gasteiger partial charge in [0.15, 0.2) is 0 Å². The van der Waals surface area contributed by atoms with E-state index in [1.807, 2.05) is 6.07 Å². The molecule has 0 saturated heterocycles. The van der Waals surface area contributed by atoms with Gasteiger partial charge in [-0.15, -0.1) is 0 Å². The molecule has 0 fully saturated rings. The van der Waals surface area contributed by atoms with Gasteiger partial charge < -0.3 is 19.6 Å². The van der Waals surface area contributed by atoms with Crippen LogP contribution in [0.4, 0.5) is 0 Å². The molecule has 74 valence electrons. The summed E-state index contributed by atoms with van der Waals surface area (Å²) in [6.45, 7) is 1.59. The summed E-state index contributed by atoms with van der Waals surface area (Å²) in [6, 6.07) is 1.88. The van der Waals surface area contributed by atoms with E-state index < -0.39 is 6.10 Å². The second-order valence-corrected chi connectivity index (χ2v) is 2.87. The molecule has 1 aromatic rings. The van der Waals surface area contributed by atoms with Gasteiger partial charge in [0.2, 0.25) is 0 Å². The number of hydrogen-bond acceptors (Lipinski definition) is 4. The Morgan fingerprint density at radius 3 is 3.15 bits per heavy atom. The molecule has 0 spiro atoms. The van der Waals surface area contributed by atoms with Crippen LogP contribution in [0.15, 0.2) is 23.0 Å². The van der Waals surface area contributed by atoms with Gasteiger partial charge in [-0.25, -0.2) is 0 Å². The minimum atomic E-state index is -0.447. The summed E-state index contributed by atoms with van der Waals surface area (Å²) in [6.07, 6.45) is 2.86. The molecule has 1 heterocycles. The average Bonchev–Trinajstić information content (AvgIpc) is 2.57. The van der Waals surface area contributed by atoms with Crippen LogP contribution in [0.2, 0.25) is 0 Å². The second-order valence-electron chi connectivity index (χ2n) is 2.87. The lowest BCUT2D eigenvalue weighted by Gasteiger charge is -2.09. The Balaban J connectivity index is 2.07. The van der Waals surface area contributed by atoms with E-state index in [-0.39, 0.29) is 0 Å². The van der Waals surface area contributed by atoms with Crippen LogP contribution < -0.4 is 5.32 Å². The Labute approximate surface area is 77.5 Å². The van der Waals surface area contributed by atoms with E-state index in [4.69, 9.17) is 9.15 Å². The molecule has 0 aliphatic carbocycles. The van der Waals surface area contributed by atoms with Crippen molar-refractivity contribution < 1.29 is 14.3 Å². The number of aliphatic hydroxyl groups is 1. The maximum atomic E-state index is 9.27. The molecule has 2 N–H and O–H groups in total. The summed E-state index contributed by atoms with van der Waals surface area (Å²) in [4.78, 5) is 0. The maximum Gasteiger partial charge on any atom is 0.0947 e. The van der Waals surface area contributed by atoms with Crippen molar-refractivity contribution in [3.63, 3.8) is 0 Å². The van der Waals surface area contributed by atoms with Crippen molar-refractivity contribution in [1.29, 1.82) is 0 Å². The molecule has 4 nitrogen and oxygen atoms in total. The summed E-state index contributed by atoms with van der Waals surface area (Å²) >= 11 is 0. The van der Waals surface area contributed by atoms with Crippen molar-refractivity contribution in [3.05, 3.63) is 24.2 Å². The first-order valence-corrected chi connectivity index (χ1v) is 4.21. The normalized spacial score (nSPS) is 13.1. The molecule has 0 aromatic carbocycles. The Morgan fingerprint density at radius 1 is 1.69 bits per heavy atom. The summed E-state index contributed by atoms with van der Waals surface area (Å²) in [5.41, 5.74) is 1.07. The van der Waals surface area contributed by atoms with Gasteiger partial charge in [-0.3, -0.25) is 0 Å². The number of aliphatic hydroxyl groups excluding tert-OH is 1. The minimum absolute atomic E-state index is 0.360. The average molecular weight is 185 g/mol. The fraction of sp³-hybridized carbons (Fsp3) is 0.556. The third-order valence-corrected chi connectivity index (χ3v) is 1.65. The van der Waals surface area contributed by atoms with Crippen LogP contribution in [0.3, 0.4) is 0 Å². The molecule has 1 unspecified atom stereocenters. The monoisotopic (exact) mass is 185 g/mol. The third kappa shape index (κ3) is 4.07. The van der Waals surface area contributed by atoms with Gasteiger partial charge in [0.1, 0.15) is 0 Å². The molecule has 0 bridgehead atoms. The van der Waals surface area contributed by atoms with Crippen LogP contribution in [0.5, 0.6) is 0 Å². The zero-order valence-electron chi connectivity index (χ0n) is 7.69. The lowest BCUT2D eigenvalue weighted by Crippen LogP contribution is -2.29. The van der Waals surface area contributed by atoms with Crippen molar-refractivity contribution >= 4 is 0 Å². The summed E-state index contributed by atoms with van der Waals surface area (Å²) in [7, 11) is 1.57. The van der Waals surface area contributed by atoms with Gasteiger partial charge in [-0.1, -0.05) is 0 Å². The van der Waals surface area contributed by atoms with Gasteiger partial charge in [0.05, 0.1) is 25.2 Å². The number of nitrogens with one attached hydrogen (secondary N) is 1. The van der Waals surface area contributed by atoms with Crippen LogP contribution in [-0.4, -0.2) is 31.5 Å². The molecule has 0 saturated carbocycles. The van der Waals surface area contributed by atoms with Crippen LogP contribution in [0.1, 0.15) is 5.56 Å². The van der Waals surface area contributed by atoms with Crippen molar-refractivity contribution in [3.8, 4) is 0 Å². The number of rotatable bonds is 6. The zero-order valence-corrected chi connectivity index (χ0v) is 7.69. The highest BCUT2D eigenvalue weighted by Crippen LogP contribution is 1.98. The minimum Gasteiger partial charge on any atom is -0.472 e. The molecule has 1 atom stereocenters. The predicted molar refractivity (Wildman–Crippen MR) is 48.3 cm³/mol. The van der Waals surface area contributed by atoms with Gasteiger partial charge >= 0.3 is 0 Å². The SMILES string of the molecule is COCC(O)CNCc1ccoc1. The van der Waals surface area contributed by atoms with Crippen molar-refractivity contribution in [1.82, 2.24) is 5.32 Å². The topological polar surface area (TPSA) is 54.6 Å². The van der Waals surface area contributed by atoms with Crippen molar-refractivity contribution in [2.45, 2.75) is 12.6 Å². The molecule has 13 heavy (non-hydrogen) atoms. The van der Waals surface area contributed by atoms with Crippen molar-refractivity contribution in [2.24, 2.45) is 0 Å². The van der Waals surface area contributed by atoms with Crippen LogP contribution in [0.25, 0.3) is 0 Å². The summed E-state index contributed by atoms with van der Waals surface area (Å²) < 4.78 is 9.68. The fourth-order valence-electron chi connectivity index (χ4n) is 1.03. The second kappa shape index (κ2) is 5.75. The lowest BCUT2D eigenvalue weighted by molar-refractivity contribution is 0.0644. The molecule has 4 heteroatoms. The molecule has 1 rings (SSSR count). The number of furan rings is 1. The van der Waals surface area contributed by atoms with E-state index in [0.29, 0.717) is 19.7 Å². The molecule has 0 aliphatic rings. The van der Waals surface area contributed by atoms with E-state index >= 15 is 0 Å². The summed E-state index contributed by atoms with van der Waals surface area (Å²) in [5.74, 6) is 0. The fourth-order valence-corrected chi connectivity index (χ4v) is 1.03. The van der Waals surface area contributed by atoms with E-state index in [9.17, 15) is 5.11 Å². The molecular formula is C9H15NO3. The first-order valence-electron chi connectivity index (χ1n) is 4.21. The van der Waals surface area contributed by atoms with Crippen LogP contribution in [-0.2, 0) is 11.3 Å². The molecule has 1 aromatic heterocycles. The highest BCUT2D eigenvalue weighted by molar-refractivity contribution is 5.04. The zero-order chi connectivity index (χ0) is 9.52. The van der Waals surface area contributed by atoms with Gasteiger partial charge in [-0.2, -0.15) is 0 Å². The van der Waals surface area contributed by atoms with E-state index in [0.717, 1.165) is 5.56 Å². The van der Waals surface area contributed by atoms with Gasteiger partial charge in [0.25, 0.3) is 0 Å². The Bertz CT molecular complexity index is 211. The third-order valence-electron chi connectivity index (χ3n) is 1.65. The summed E-state index contributed by atoms with van der Waals surface area (Å²) in [5, 5.41) is 12.3. The van der Waals surface area contributed by atoms with Gasteiger partial charge in [0, 0.05) is 25.8 Å². The number of methoxy groups -OCH3 is 1. The predicted octanol–water partition coefficient (Wildman–Crippen LogP) is 0.376. The smallest absolute Gasteiger partial charge is 0.0947 e. The van der Waals surface area contributed by atoms with E-state index in [2.05, 4.69) is 5.32 Å². The Kier molecular flexibility index (Phi) is 4.53. The molecular weight excluding hydrogens is 170 g/mol. The first kappa shape index (κ1) is 10.2. The first-order chi connectivity index (χ1) is 6.33. The quantitative estimate of drug-likeness (QED) is 0.672. The Morgan fingerprint density at radius 2 is 2.54 bits per heavy atom. The largest absolute Gasteiger partial charge is 0.472 e. The molecule has 0 aliphatic heterocycles. The van der Waals surface area contributed by atoms with Crippen LogP contribution in [0, 0.1) is 0 Å². The van der Waals surface area contributed by atoms with E-state index in [1.54, 1.807) is 19.6 Å². The molecule has 0 amide bonds. The number of hydrogen-bond donors (Lipinski definition) is 2. The maximum absolute atomic E-state index is 9.27. The highest BCUT2D eigenvalue weighted by atomic mass is 16.5. The van der Waals surface area contributed by atoms with Gasteiger partial charge in [-0.05, 0) is 6.07 Å². The highest BCUT2D eigenvalue weighted by Gasteiger charge is 2.02. The standard InChI is InChI=1S/C9H15NO3/c1-12-7-9(11)5-10-4-8-2-3-13-6-8/h2-3,6,9-11H,4-5,7H2,1H3. The number of ether oxygens (including phenoxy) is 1. The molecule has 0 radical (unpaired) electrons. The lowest BCUT2D eigenvalue weighted by atomic mass is 10.3. The van der Waals surface area contributed by atoms with Crippen LogP contribution >= 0.6 is 0 Å². The Hall–Kier alpha value is -0.840.